The highest BCUT2D eigenvalue weighted by Crippen LogP contribution is 2.22. The molecule has 0 atom stereocenters. The Labute approximate surface area is 161 Å². The monoisotopic (exact) mass is 416 g/mol. The first-order chi connectivity index (χ1) is 12.6. The van der Waals surface area contributed by atoms with Crippen molar-refractivity contribution in [2.45, 2.75) is 13.3 Å². The molecule has 0 saturated carbocycles. The molecular weight excluding hydrogens is 396 g/mol. The van der Waals surface area contributed by atoms with Gasteiger partial charge in [0.1, 0.15) is 11.5 Å². The molecule has 0 aromatic heterocycles. The molecule has 0 aliphatic rings. The number of benzene rings is 2. The lowest BCUT2D eigenvalue weighted by Gasteiger charge is -2.09. The zero-order valence-corrected chi connectivity index (χ0v) is 16.2. The lowest BCUT2D eigenvalue weighted by Crippen LogP contribution is -2.24. The lowest BCUT2D eigenvalue weighted by atomic mass is 10.1. The van der Waals surface area contributed by atoms with Crippen molar-refractivity contribution in [3.63, 3.8) is 0 Å². The minimum absolute atomic E-state index is 0.123. The molecule has 0 spiro atoms. The van der Waals surface area contributed by atoms with Gasteiger partial charge in [0.25, 0.3) is 5.91 Å². The maximum absolute atomic E-state index is 11.9. The molecule has 0 unspecified atom stereocenters. The Morgan fingerprint density at radius 1 is 1.23 bits per heavy atom. The number of hydrogen-bond acceptors (Lipinski definition) is 4. The lowest BCUT2D eigenvalue weighted by molar-refractivity contribution is -0.123. The number of ether oxygens (including phenoxy) is 2. The molecule has 0 bridgehead atoms. The summed E-state index contributed by atoms with van der Waals surface area (Å²) in [5, 5.41) is 3.98. The van der Waals surface area contributed by atoms with Gasteiger partial charge in [0.2, 0.25) is 0 Å². The Morgan fingerprint density at radius 2 is 2.04 bits per heavy atom. The van der Waals surface area contributed by atoms with Gasteiger partial charge in [0, 0.05) is 10.0 Å². The van der Waals surface area contributed by atoms with Crippen molar-refractivity contribution in [2.75, 3.05) is 13.2 Å². The summed E-state index contributed by atoms with van der Waals surface area (Å²) in [7, 11) is 0. The summed E-state index contributed by atoms with van der Waals surface area (Å²) in [6.07, 6.45) is 4.01. The average molecular weight is 417 g/mol. The van der Waals surface area contributed by atoms with E-state index in [4.69, 9.17) is 9.47 Å². The van der Waals surface area contributed by atoms with Crippen LogP contribution in [0.3, 0.4) is 0 Å². The predicted octanol–water partition coefficient (Wildman–Crippen LogP) is 4.11. The summed E-state index contributed by atoms with van der Waals surface area (Å²) >= 11 is 3.41. The van der Waals surface area contributed by atoms with E-state index in [1.807, 2.05) is 49.4 Å². The highest BCUT2D eigenvalue weighted by molar-refractivity contribution is 9.10. The van der Waals surface area contributed by atoms with Gasteiger partial charge in [0.05, 0.1) is 12.8 Å². The number of hydrazone groups is 1. The Bertz CT molecular complexity index is 790. The molecule has 1 N–H and O–H groups in total. The van der Waals surface area contributed by atoms with Gasteiger partial charge < -0.3 is 9.47 Å². The second-order valence-corrected chi connectivity index (χ2v) is 6.21. The Hall–Kier alpha value is -2.60. The number of hydrogen-bond donors (Lipinski definition) is 1. The standard InChI is InChI=1S/C20H21BrN2O3/c1-3-7-15-8-5-6-9-18(15)26-14-20(24)23-22-13-16-12-17(21)10-11-19(16)25-4-2/h3,5-6,8-13H,1,4,7,14H2,2H3,(H,23,24). The number of amides is 1. The van der Waals surface area contributed by atoms with Crippen molar-refractivity contribution in [2.24, 2.45) is 5.10 Å². The molecule has 0 fully saturated rings. The predicted molar refractivity (Wildman–Crippen MR) is 107 cm³/mol. The SMILES string of the molecule is C=CCc1ccccc1OCC(=O)NN=Cc1cc(Br)ccc1OCC. The number of nitrogens with zero attached hydrogens (tertiary/aromatic N) is 1. The van der Waals surface area contributed by atoms with Gasteiger partial charge in [-0.1, -0.05) is 40.2 Å². The summed E-state index contributed by atoms with van der Waals surface area (Å²) in [6, 6.07) is 13.1. The van der Waals surface area contributed by atoms with Crippen LogP contribution in [0.25, 0.3) is 0 Å². The topological polar surface area (TPSA) is 59.9 Å². The van der Waals surface area contributed by atoms with Crippen molar-refractivity contribution in [1.29, 1.82) is 0 Å². The van der Waals surface area contributed by atoms with Crippen LogP contribution in [0.1, 0.15) is 18.1 Å². The van der Waals surface area contributed by atoms with E-state index >= 15 is 0 Å². The molecule has 5 nitrogen and oxygen atoms in total. The number of allylic oxidation sites excluding steroid dienone is 1. The van der Waals surface area contributed by atoms with E-state index in [0.717, 1.165) is 15.6 Å². The Balaban J connectivity index is 1.92. The van der Waals surface area contributed by atoms with Crippen LogP contribution in [0.4, 0.5) is 0 Å². The summed E-state index contributed by atoms with van der Waals surface area (Å²) in [4.78, 5) is 11.9. The highest BCUT2D eigenvalue weighted by atomic mass is 79.9. The van der Waals surface area contributed by atoms with E-state index < -0.39 is 0 Å². The molecule has 2 aromatic carbocycles. The zero-order chi connectivity index (χ0) is 18.8. The minimum atomic E-state index is -0.345. The zero-order valence-electron chi connectivity index (χ0n) is 14.6. The van der Waals surface area contributed by atoms with Crippen LogP contribution >= 0.6 is 15.9 Å². The van der Waals surface area contributed by atoms with E-state index in [0.29, 0.717) is 24.5 Å². The van der Waals surface area contributed by atoms with Crippen LogP contribution in [0, 0.1) is 0 Å². The van der Waals surface area contributed by atoms with E-state index in [2.05, 4.69) is 33.0 Å². The van der Waals surface area contributed by atoms with Crippen LogP contribution in [0.5, 0.6) is 11.5 Å². The van der Waals surface area contributed by atoms with Crippen molar-refractivity contribution < 1.29 is 14.3 Å². The first kappa shape index (κ1) is 19.7. The molecule has 6 heteroatoms. The molecule has 0 heterocycles. The number of rotatable bonds is 9. The van der Waals surface area contributed by atoms with Gasteiger partial charge in [-0.05, 0) is 43.2 Å². The van der Waals surface area contributed by atoms with Gasteiger partial charge in [0.15, 0.2) is 6.61 Å². The van der Waals surface area contributed by atoms with Gasteiger partial charge in [-0.15, -0.1) is 6.58 Å². The summed E-state index contributed by atoms with van der Waals surface area (Å²) in [5.74, 6) is 1.02. The minimum Gasteiger partial charge on any atom is -0.493 e. The normalized spacial score (nSPS) is 10.5. The quantitative estimate of drug-likeness (QED) is 0.380. The number of nitrogens with one attached hydrogen (secondary N) is 1. The third-order valence-electron chi connectivity index (χ3n) is 3.36. The summed E-state index contributed by atoms with van der Waals surface area (Å²) in [5.41, 5.74) is 4.20. The molecule has 0 aliphatic carbocycles. The summed E-state index contributed by atoms with van der Waals surface area (Å²) in [6.45, 7) is 6.06. The first-order valence-corrected chi connectivity index (χ1v) is 8.99. The van der Waals surface area contributed by atoms with Crippen LogP contribution in [0.2, 0.25) is 0 Å². The molecule has 136 valence electrons. The van der Waals surface area contributed by atoms with Crippen LogP contribution in [-0.4, -0.2) is 25.3 Å². The van der Waals surface area contributed by atoms with Crippen molar-refractivity contribution in [3.05, 3.63) is 70.7 Å². The van der Waals surface area contributed by atoms with Crippen molar-refractivity contribution >= 4 is 28.1 Å². The second-order valence-electron chi connectivity index (χ2n) is 5.30. The van der Waals surface area contributed by atoms with E-state index in [9.17, 15) is 4.79 Å². The molecule has 1 amide bonds. The van der Waals surface area contributed by atoms with Crippen LogP contribution < -0.4 is 14.9 Å². The molecule has 2 aromatic rings. The molecule has 26 heavy (non-hydrogen) atoms. The fraction of sp³-hybridized carbons (Fsp3) is 0.200. The van der Waals surface area contributed by atoms with Gasteiger partial charge in [-0.2, -0.15) is 5.10 Å². The molecular formula is C20H21BrN2O3. The number of halogens is 1. The fourth-order valence-electron chi connectivity index (χ4n) is 2.23. The van der Waals surface area contributed by atoms with Gasteiger partial charge in [-0.3, -0.25) is 4.79 Å². The highest BCUT2D eigenvalue weighted by Gasteiger charge is 2.06. The smallest absolute Gasteiger partial charge is 0.277 e. The van der Waals surface area contributed by atoms with Crippen molar-refractivity contribution in [1.82, 2.24) is 5.43 Å². The second kappa shape index (κ2) is 10.4. The largest absolute Gasteiger partial charge is 0.493 e. The molecule has 2 rings (SSSR count). The van der Waals surface area contributed by atoms with Crippen LogP contribution in [-0.2, 0) is 11.2 Å². The molecule has 0 radical (unpaired) electrons. The van der Waals surface area contributed by atoms with E-state index in [-0.39, 0.29) is 12.5 Å². The maximum atomic E-state index is 11.9. The Kier molecular flexibility index (Phi) is 7.89. The van der Waals surface area contributed by atoms with Crippen LogP contribution in [0.15, 0.2) is 64.7 Å². The first-order valence-electron chi connectivity index (χ1n) is 8.20. The third-order valence-corrected chi connectivity index (χ3v) is 3.85. The maximum Gasteiger partial charge on any atom is 0.277 e. The molecule has 0 aliphatic heterocycles. The van der Waals surface area contributed by atoms with Gasteiger partial charge >= 0.3 is 0 Å². The van der Waals surface area contributed by atoms with Crippen molar-refractivity contribution in [3.8, 4) is 11.5 Å². The average Bonchev–Trinajstić information content (AvgIpc) is 2.63. The molecule has 0 saturated heterocycles. The number of para-hydroxylation sites is 1. The Morgan fingerprint density at radius 3 is 2.81 bits per heavy atom. The number of carbonyl (C=O) groups is 1. The van der Waals surface area contributed by atoms with Gasteiger partial charge in [-0.25, -0.2) is 5.43 Å². The number of carbonyl (C=O) groups excluding carboxylic acids is 1. The van der Waals surface area contributed by atoms with E-state index in [1.165, 1.54) is 0 Å². The summed E-state index contributed by atoms with van der Waals surface area (Å²) < 4.78 is 12.0. The third kappa shape index (κ3) is 6.04. The van der Waals surface area contributed by atoms with E-state index in [1.54, 1.807) is 12.3 Å². The fourth-order valence-corrected chi connectivity index (χ4v) is 2.60.